The molecule has 0 bridgehead atoms. The maximum absolute atomic E-state index is 6.40. The van der Waals surface area contributed by atoms with Crippen molar-refractivity contribution in [3.8, 4) is 43.1 Å². The van der Waals surface area contributed by atoms with Crippen LogP contribution in [0.3, 0.4) is 0 Å². The molecule has 0 N–H and O–H groups in total. The smallest absolute Gasteiger partial charge is 0.143 e. The highest BCUT2D eigenvalue weighted by Crippen LogP contribution is 2.42. The minimum Gasteiger partial charge on any atom is -0.455 e. The highest BCUT2D eigenvalue weighted by molar-refractivity contribution is 7.18. The fourth-order valence-corrected chi connectivity index (χ4v) is 9.02. The highest BCUT2D eigenvalue weighted by Gasteiger charge is 2.17. The highest BCUT2D eigenvalue weighted by atomic mass is 32.1. The molecule has 0 spiro atoms. The van der Waals surface area contributed by atoms with E-state index in [1.54, 1.807) is 0 Å². The zero-order valence-electron chi connectivity index (χ0n) is 30.2. The van der Waals surface area contributed by atoms with Crippen LogP contribution in [0, 0.1) is 0 Å². The monoisotopic (exact) mass is 735 g/mol. The Morgan fingerprint density at radius 3 is 1.18 bits per heavy atom. The summed E-state index contributed by atoms with van der Waals surface area (Å²) in [6.45, 7) is 0. The lowest BCUT2D eigenvalue weighted by Crippen LogP contribution is -2.09. The summed E-state index contributed by atoms with van der Waals surface area (Å²) in [5.74, 6) is 0. The van der Waals surface area contributed by atoms with Crippen molar-refractivity contribution in [2.45, 2.75) is 0 Å². The zero-order valence-corrected chi connectivity index (χ0v) is 31.0. The molecule has 0 aliphatic rings. The molecule has 0 saturated heterocycles. The van der Waals surface area contributed by atoms with Crippen LogP contribution in [-0.2, 0) is 0 Å². The molecule has 3 heterocycles. The lowest BCUT2D eigenvalue weighted by atomic mass is 10.0. The van der Waals surface area contributed by atoms with E-state index in [9.17, 15) is 0 Å². The standard InChI is InChI=1S/C52H33NO2S/c1-2-10-36(11-3-1)49-32-33-50(56-49)37-24-30-40(31-25-37)53(38-26-20-34(21-27-38)41-14-8-16-45-43-12-4-6-18-47(43)54-51(41)45)39-28-22-35(23-29-39)42-15-9-17-46-44-13-5-7-19-48(44)55-52(42)46/h1-33H. The van der Waals surface area contributed by atoms with Crippen LogP contribution in [0.25, 0.3) is 87.0 Å². The number of fused-ring (bicyclic) bond motifs is 6. The molecule has 3 aromatic heterocycles. The van der Waals surface area contributed by atoms with Crippen LogP contribution in [0.5, 0.6) is 0 Å². The number of anilines is 3. The van der Waals surface area contributed by atoms with Crippen LogP contribution in [0.4, 0.5) is 17.1 Å². The second-order valence-corrected chi connectivity index (χ2v) is 15.2. The minimum atomic E-state index is 0.903. The van der Waals surface area contributed by atoms with Gasteiger partial charge in [0.05, 0.1) is 0 Å². The molecule has 0 unspecified atom stereocenters. The first-order valence-electron chi connectivity index (χ1n) is 18.8. The quantitative estimate of drug-likeness (QED) is 0.163. The first kappa shape index (κ1) is 32.3. The number of thiophene rings is 1. The van der Waals surface area contributed by atoms with Gasteiger partial charge in [0.25, 0.3) is 0 Å². The van der Waals surface area contributed by atoms with Crippen molar-refractivity contribution in [2.75, 3.05) is 4.90 Å². The van der Waals surface area contributed by atoms with Crippen molar-refractivity contribution in [1.82, 2.24) is 0 Å². The number of para-hydroxylation sites is 4. The molecule has 0 saturated carbocycles. The number of furan rings is 2. The second-order valence-electron chi connectivity index (χ2n) is 14.1. The third-order valence-electron chi connectivity index (χ3n) is 10.8. The van der Waals surface area contributed by atoms with Crippen LogP contribution in [0.2, 0.25) is 0 Å². The summed E-state index contributed by atoms with van der Waals surface area (Å²) in [4.78, 5) is 4.84. The average Bonchev–Trinajstić information content (AvgIpc) is 4.01. The van der Waals surface area contributed by atoms with Crippen LogP contribution in [-0.4, -0.2) is 0 Å². The van der Waals surface area contributed by atoms with Gasteiger partial charge in [-0.25, -0.2) is 0 Å². The average molecular weight is 736 g/mol. The van der Waals surface area contributed by atoms with Gasteiger partial charge in [0, 0.05) is 59.5 Å². The third-order valence-corrected chi connectivity index (χ3v) is 11.9. The van der Waals surface area contributed by atoms with Gasteiger partial charge in [-0.15, -0.1) is 11.3 Å². The van der Waals surface area contributed by atoms with Gasteiger partial charge in [-0.1, -0.05) is 140 Å². The van der Waals surface area contributed by atoms with Gasteiger partial charge < -0.3 is 13.7 Å². The molecule has 3 nitrogen and oxygen atoms in total. The summed E-state index contributed by atoms with van der Waals surface area (Å²) in [7, 11) is 0. The minimum absolute atomic E-state index is 0.903. The normalized spacial score (nSPS) is 11.6. The summed E-state index contributed by atoms with van der Waals surface area (Å²) >= 11 is 1.82. The van der Waals surface area contributed by atoms with Gasteiger partial charge in [0.1, 0.15) is 22.3 Å². The lowest BCUT2D eigenvalue weighted by molar-refractivity contribution is 0.669. The Bertz CT molecular complexity index is 3010. The Morgan fingerprint density at radius 1 is 0.304 bits per heavy atom. The summed E-state index contributed by atoms with van der Waals surface area (Å²) in [5, 5.41) is 4.52. The Balaban J connectivity index is 0.981. The summed E-state index contributed by atoms with van der Waals surface area (Å²) in [5.41, 5.74) is 13.6. The Morgan fingerprint density at radius 2 is 0.696 bits per heavy atom. The fraction of sp³-hybridized carbons (Fsp3) is 0. The molecule has 0 aliphatic carbocycles. The predicted molar refractivity (Wildman–Crippen MR) is 235 cm³/mol. The van der Waals surface area contributed by atoms with E-state index in [2.05, 4.69) is 181 Å². The zero-order chi connectivity index (χ0) is 37.0. The molecule has 0 amide bonds. The van der Waals surface area contributed by atoms with Gasteiger partial charge in [-0.05, 0) is 82.9 Å². The predicted octanol–water partition coefficient (Wildman–Crippen LogP) is 15.7. The largest absolute Gasteiger partial charge is 0.455 e. The van der Waals surface area contributed by atoms with E-state index in [0.29, 0.717) is 0 Å². The fourth-order valence-electron chi connectivity index (χ4n) is 8.00. The van der Waals surface area contributed by atoms with Crippen LogP contribution in [0.1, 0.15) is 0 Å². The molecular weight excluding hydrogens is 703 g/mol. The summed E-state index contributed by atoms with van der Waals surface area (Å²) in [6, 6.07) is 70.9. The first-order valence-corrected chi connectivity index (χ1v) is 19.6. The number of rotatable bonds is 7. The van der Waals surface area contributed by atoms with Gasteiger partial charge >= 0.3 is 0 Å². The summed E-state index contributed by atoms with van der Waals surface area (Å²) < 4.78 is 12.8. The topological polar surface area (TPSA) is 29.5 Å². The van der Waals surface area contributed by atoms with Crippen molar-refractivity contribution < 1.29 is 8.83 Å². The van der Waals surface area contributed by atoms with Crippen LogP contribution >= 0.6 is 11.3 Å². The number of benzene rings is 8. The third kappa shape index (κ3) is 5.50. The van der Waals surface area contributed by atoms with Gasteiger partial charge in [0.15, 0.2) is 0 Å². The van der Waals surface area contributed by atoms with E-state index in [-0.39, 0.29) is 0 Å². The Labute approximate surface area is 327 Å². The van der Waals surface area contributed by atoms with Crippen LogP contribution < -0.4 is 4.90 Å². The lowest BCUT2D eigenvalue weighted by Gasteiger charge is -2.26. The maximum Gasteiger partial charge on any atom is 0.143 e. The van der Waals surface area contributed by atoms with Crippen molar-refractivity contribution in [2.24, 2.45) is 0 Å². The number of nitrogens with zero attached hydrogens (tertiary/aromatic N) is 1. The van der Waals surface area contributed by atoms with E-state index in [4.69, 9.17) is 8.83 Å². The Kier molecular flexibility index (Phi) is 7.68. The molecule has 0 atom stereocenters. The van der Waals surface area contributed by atoms with E-state index in [1.165, 1.54) is 20.9 Å². The SMILES string of the molecule is c1ccc(-c2ccc(-c3ccc(N(c4ccc(-c5cccc6c5oc5ccccc56)cc4)c4ccc(-c5cccc6c5oc5ccccc56)cc4)cc3)s2)cc1. The number of hydrogen-bond acceptors (Lipinski definition) is 4. The van der Waals surface area contributed by atoms with Crippen molar-refractivity contribution in [3.05, 3.63) is 200 Å². The molecular formula is C52H33NO2S. The Hall–Kier alpha value is -7.14. The van der Waals surface area contributed by atoms with E-state index >= 15 is 0 Å². The molecule has 264 valence electrons. The van der Waals surface area contributed by atoms with Gasteiger partial charge in [0.2, 0.25) is 0 Å². The van der Waals surface area contributed by atoms with Crippen molar-refractivity contribution >= 4 is 72.3 Å². The molecule has 0 radical (unpaired) electrons. The molecule has 4 heteroatoms. The first-order chi connectivity index (χ1) is 27.7. The van der Waals surface area contributed by atoms with E-state index in [0.717, 1.165) is 83.2 Å². The molecule has 11 rings (SSSR count). The summed E-state index contributed by atoms with van der Waals surface area (Å²) in [6.07, 6.45) is 0. The van der Waals surface area contributed by atoms with Gasteiger partial charge in [-0.2, -0.15) is 0 Å². The second kappa shape index (κ2) is 13.3. The maximum atomic E-state index is 6.40. The van der Waals surface area contributed by atoms with E-state index < -0.39 is 0 Å². The molecule has 56 heavy (non-hydrogen) atoms. The molecule has 0 fully saturated rings. The molecule has 11 aromatic rings. The molecule has 8 aromatic carbocycles. The number of hydrogen-bond donors (Lipinski definition) is 0. The van der Waals surface area contributed by atoms with Crippen LogP contribution in [0.15, 0.2) is 209 Å². The van der Waals surface area contributed by atoms with Crippen molar-refractivity contribution in [3.63, 3.8) is 0 Å². The van der Waals surface area contributed by atoms with Gasteiger partial charge in [-0.3, -0.25) is 0 Å². The molecule has 0 aliphatic heterocycles. The van der Waals surface area contributed by atoms with Crippen molar-refractivity contribution in [1.29, 1.82) is 0 Å². The van der Waals surface area contributed by atoms with E-state index in [1.807, 2.05) is 35.6 Å².